The molecule has 0 bridgehead atoms. The van der Waals surface area contributed by atoms with E-state index in [9.17, 15) is 9.90 Å². The molecule has 0 aliphatic carbocycles. The van der Waals surface area contributed by atoms with Crippen molar-refractivity contribution >= 4 is 29.1 Å². The predicted molar refractivity (Wildman–Crippen MR) is 135 cm³/mol. The minimum absolute atomic E-state index is 0.0310. The van der Waals surface area contributed by atoms with Crippen molar-refractivity contribution in [3.8, 4) is 17.0 Å². The number of amides is 1. The van der Waals surface area contributed by atoms with Gasteiger partial charge < -0.3 is 15.3 Å². The number of hydrogen-bond donors (Lipinski definition) is 3. The van der Waals surface area contributed by atoms with Crippen LogP contribution in [0, 0.1) is 13.8 Å². The average molecular weight is 454 g/mol. The number of carbonyl (C=O) groups is 1. The van der Waals surface area contributed by atoms with Crippen LogP contribution in [-0.2, 0) is 0 Å². The summed E-state index contributed by atoms with van der Waals surface area (Å²) in [4.78, 5) is 20.3. The number of piperazine rings is 1. The zero-order valence-corrected chi connectivity index (χ0v) is 19.3. The van der Waals surface area contributed by atoms with Gasteiger partial charge in [-0.3, -0.25) is 9.89 Å². The van der Waals surface area contributed by atoms with E-state index in [1.807, 2.05) is 23.1 Å². The Balaban J connectivity index is 1.62. The number of aryl methyl sites for hydroxylation is 2. The zero-order chi connectivity index (χ0) is 23.7. The number of nitrogens with one attached hydrogen (secondary N) is 2. The maximum Gasteiger partial charge on any atom is 0.254 e. The van der Waals surface area contributed by atoms with E-state index in [-0.39, 0.29) is 11.7 Å². The van der Waals surface area contributed by atoms with Gasteiger partial charge in [0.2, 0.25) is 0 Å². The first-order chi connectivity index (χ1) is 16.5. The lowest BCUT2D eigenvalue weighted by Crippen LogP contribution is -2.46. The van der Waals surface area contributed by atoms with Crippen LogP contribution in [0.5, 0.6) is 5.75 Å². The number of benzene rings is 2. The molecule has 34 heavy (non-hydrogen) atoms. The van der Waals surface area contributed by atoms with E-state index in [1.54, 1.807) is 24.3 Å². The van der Waals surface area contributed by atoms with Crippen molar-refractivity contribution in [1.82, 2.24) is 25.4 Å². The molecule has 4 aromatic rings. The van der Waals surface area contributed by atoms with E-state index in [2.05, 4.69) is 47.6 Å². The summed E-state index contributed by atoms with van der Waals surface area (Å²) in [5.74, 6) is 0.152. The molecular weight excluding hydrogens is 426 g/mol. The van der Waals surface area contributed by atoms with Gasteiger partial charge in [0.05, 0.1) is 22.3 Å². The molecule has 0 unspecified atom stereocenters. The van der Waals surface area contributed by atoms with Gasteiger partial charge in [0.1, 0.15) is 5.75 Å². The number of hydrogen-bond acceptors (Lipinski definition) is 5. The summed E-state index contributed by atoms with van der Waals surface area (Å²) in [6.45, 7) is 7.02. The number of aromatic nitrogens is 3. The number of aromatic amines is 1. The summed E-state index contributed by atoms with van der Waals surface area (Å²) < 4.78 is 0. The zero-order valence-electron chi connectivity index (χ0n) is 19.3. The molecule has 1 aliphatic rings. The fourth-order valence-corrected chi connectivity index (χ4v) is 4.34. The van der Waals surface area contributed by atoms with Gasteiger partial charge in [0, 0.05) is 31.7 Å². The third-order valence-electron chi connectivity index (χ3n) is 6.20. The number of nitrogens with zero attached hydrogens (tertiary/aromatic N) is 3. The van der Waals surface area contributed by atoms with E-state index in [1.165, 1.54) is 11.1 Å². The van der Waals surface area contributed by atoms with Crippen molar-refractivity contribution in [2.45, 2.75) is 13.8 Å². The fraction of sp³-hybridized carbons (Fsp3) is 0.222. The van der Waals surface area contributed by atoms with E-state index in [4.69, 9.17) is 4.98 Å². The van der Waals surface area contributed by atoms with Crippen LogP contribution < -0.4 is 5.32 Å². The topological polar surface area (TPSA) is 94.1 Å². The molecule has 1 fully saturated rings. The maximum atomic E-state index is 13.6. The Kier molecular flexibility index (Phi) is 5.86. The summed E-state index contributed by atoms with van der Waals surface area (Å²) in [7, 11) is 0. The molecule has 1 aliphatic heterocycles. The number of phenolic OH excluding ortho intramolecular Hbond substituents is 1. The van der Waals surface area contributed by atoms with Crippen LogP contribution in [0.2, 0.25) is 0 Å². The molecule has 7 nitrogen and oxygen atoms in total. The van der Waals surface area contributed by atoms with E-state index < -0.39 is 0 Å². The van der Waals surface area contributed by atoms with Crippen molar-refractivity contribution < 1.29 is 9.90 Å². The molecular formula is C27H27N5O2. The minimum atomic E-state index is -0.0310. The van der Waals surface area contributed by atoms with Gasteiger partial charge in [-0.15, -0.1) is 0 Å². The highest BCUT2D eigenvalue weighted by Gasteiger charge is 2.24. The Morgan fingerprint density at radius 3 is 2.53 bits per heavy atom. The second kappa shape index (κ2) is 9.11. The molecule has 3 heterocycles. The summed E-state index contributed by atoms with van der Waals surface area (Å²) >= 11 is 0. The number of H-pyrrole nitrogens is 1. The number of phenols is 1. The second-order valence-electron chi connectivity index (χ2n) is 8.67. The Labute approximate surface area is 198 Å². The average Bonchev–Trinajstić information content (AvgIpc) is 3.26. The molecule has 3 N–H and O–H groups in total. The fourth-order valence-electron chi connectivity index (χ4n) is 4.34. The quantitative estimate of drug-likeness (QED) is 0.431. The molecule has 0 atom stereocenters. The molecule has 2 aromatic carbocycles. The normalized spacial score (nSPS) is 14.2. The summed E-state index contributed by atoms with van der Waals surface area (Å²) in [6, 6.07) is 15.0. The Morgan fingerprint density at radius 1 is 1.03 bits per heavy atom. The standard InChI is InChI=1S/C27H27N5O2/c1-17-3-4-19(18(2)15-17)7-10-23-25-22(27(34)32-13-11-28-12-14-32)16-24(29-26(25)31-30-23)20-5-8-21(33)9-6-20/h3-10,15-16,28,33H,11-14H2,1-2H3,(H,29,30,31)/b10-7+. The van der Waals surface area contributed by atoms with Crippen molar-refractivity contribution in [2.24, 2.45) is 0 Å². The number of pyridine rings is 1. The lowest BCUT2D eigenvalue weighted by atomic mass is 10.0. The second-order valence-corrected chi connectivity index (χ2v) is 8.67. The van der Waals surface area contributed by atoms with Gasteiger partial charge in [-0.05, 0) is 61.4 Å². The van der Waals surface area contributed by atoms with Gasteiger partial charge in [-0.1, -0.05) is 29.8 Å². The van der Waals surface area contributed by atoms with Gasteiger partial charge in [-0.25, -0.2) is 4.98 Å². The first-order valence-electron chi connectivity index (χ1n) is 11.4. The number of fused-ring (bicyclic) bond motifs is 1. The highest BCUT2D eigenvalue weighted by Crippen LogP contribution is 2.29. The lowest BCUT2D eigenvalue weighted by Gasteiger charge is -2.27. The van der Waals surface area contributed by atoms with Gasteiger partial charge in [0.25, 0.3) is 5.91 Å². The molecule has 1 amide bonds. The van der Waals surface area contributed by atoms with Crippen LogP contribution in [0.3, 0.4) is 0 Å². The summed E-state index contributed by atoms with van der Waals surface area (Å²) in [5, 5.41) is 21.2. The summed E-state index contributed by atoms with van der Waals surface area (Å²) in [5.41, 5.74) is 6.78. The molecule has 0 saturated carbocycles. The van der Waals surface area contributed by atoms with Crippen molar-refractivity contribution in [2.75, 3.05) is 26.2 Å². The van der Waals surface area contributed by atoms with Crippen molar-refractivity contribution in [1.29, 1.82) is 0 Å². The Morgan fingerprint density at radius 2 is 1.79 bits per heavy atom. The van der Waals surface area contributed by atoms with Crippen LogP contribution in [0.1, 0.15) is 32.7 Å². The highest BCUT2D eigenvalue weighted by molar-refractivity contribution is 6.09. The minimum Gasteiger partial charge on any atom is -0.508 e. The maximum absolute atomic E-state index is 13.6. The van der Waals surface area contributed by atoms with Crippen molar-refractivity contribution in [3.05, 3.63) is 76.5 Å². The Hall–Kier alpha value is -3.97. The van der Waals surface area contributed by atoms with E-state index in [0.717, 1.165) is 24.2 Å². The molecule has 0 radical (unpaired) electrons. The van der Waals surface area contributed by atoms with Crippen molar-refractivity contribution in [3.63, 3.8) is 0 Å². The predicted octanol–water partition coefficient (Wildman–Crippen LogP) is 4.16. The van der Waals surface area contributed by atoms with E-state index >= 15 is 0 Å². The Bertz CT molecular complexity index is 1380. The number of aromatic hydroxyl groups is 1. The summed E-state index contributed by atoms with van der Waals surface area (Å²) in [6.07, 6.45) is 3.96. The third kappa shape index (κ3) is 4.30. The van der Waals surface area contributed by atoms with Crippen LogP contribution >= 0.6 is 0 Å². The molecule has 2 aromatic heterocycles. The number of carbonyl (C=O) groups excluding carboxylic acids is 1. The van der Waals surface area contributed by atoms with Gasteiger partial charge >= 0.3 is 0 Å². The monoisotopic (exact) mass is 453 g/mol. The molecule has 5 rings (SSSR count). The molecule has 172 valence electrons. The van der Waals surface area contributed by atoms with Crippen LogP contribution in [-0.4, -0.2) is 57.3 Å². The molecule has 7 heteroatoms. The smallest absolute Gasteiger partial charge is 0.254 e. The van der Waals surface area contributed by atoms with Crippen LogP contribution in [0.15, 0.2) is 48.5 Å². The van der Waals surface area contributed by atoms with Crippen LogP contribution in [0.4, 0.5) is 0 Å². The molecule has 0 spiro atoms. The number of rotatable bonds is 4. The lowest BCUT2D eigenvalue weighted by molar-refractivity contribution is 0.0737. The van der Waals surface area contributed by atoms with Gasteiger partial charge in [-0.2, -0.15) is 5.10 Å². The van der Waals surface area contributed by atoms with Gasteiger partial charge in [0.15, 0.2) is 5.65 Å². The first-order valence-corrected chi connectivity index (χ1v) is 11.4. The largest absolute Gasteiger partial charge is 0.508 e. The first kappa shape index (κ1) is 21.9. The van der Waals surface area contributed by atoms with E-state index in [0.29, 0.717) is 41.1 Å². The van der Waals surface area contributed by atoms with Crippen LogP contribution in [0.25, 0.3) is 34.4 Å². The molecule has 1 saturated heterocycles. The highest BCUT2D eigenvalue weighted by atomic mass is 16.3. The third-order valence-corrected chi connectivity index (χ3v) is 6.20. The SMILES string of the molecule is Cc1ccc(/C=C/c2n[nH]c3nc(-c4ccc(O)cc4)cc(C(=O)N4CCNCC4)c23)c(C)c1.